The second-order valence-corrected chi connectivity index (χ2v) is 8.04. The highest BCUT2D eigenvalue weighted by Gasteiger charge is 2.44. The maximum atomic E-state index is 12.9. The van der Waals surface area contributed by atoms with E-state index in [2.05, 4.69) is 15.9 Å². The quantitative estimate of drug-likeness (QED) is 0.840. The third-order valence-electron chi connectivity index (χ3n) is 6.26. The van der Waals surface area contributed by atoms with E-state index in [1.54, 1.807) is 0 Å². The van der Waals surface area contributed by atoms with Crippen molar-refractivity contribution in [3.63, 3.8) is 0 Å². The molecule has 1 amide bonds. The molecule has 23 heavy (non-hydrogen) atoms. The van der Waals surface area contributed by atoms with E-state index in [-0.39, 0.29) is 5.92 Å². The van der Waals surface area contributed by atoms with E-state index in [4.69, 9.17) is 11.6 Å². The molecule has 1 heterocycles. The van der Waals surface area contributed by atoms with Crippen LogP contribution in [-0.2, 0) is 4.79 Å². The van der Waals surface area contributed by atoms with E-state index in [0.717, 1.165) is 42.1 Å². The van der Waals surface area contributed by atoms with Gasteiger partial charge < -0.3 is 9.80 Å². The van der Waals surface area contributed by atoms with E-state index in [1.807, 2.05) is 25.2 Å². The van der Waals surface area contributed by atoms with Gasteiger partial charge in [-0.05, 0) is 55.7 Å². The predicted molar refractivity (Wildman–Crippen MR) is 93.8 cm³/mol. The lowest BCUT2D eigenvalue weighted by molar-refractivity contribution is -0.136. The predicted octanol–water partition coefficient (Wildman–Crippen LogP) is 3.81. The van der Waals surface area contributed by atoms with E-state index in [9.17, 15) is 4.79 Å². The van der Waals surface area contributed by atoms with E-state index in [1.165, 1.54) is 25.7 Å². The van der Waals surface area contributed by atoms with Crippen LogP contribution in [0.25, 0.3) is 0 Å². The van der Waals surface area contributed by atoms with Crippen LogP contribution in [0.2, 0.25) is 5.02 Å². The molecule has 4 atom stereocenters. The topological polar surface area (TPSA) is 23.6 Å². The van der Waals surface area contributed by atoms with Crippen LogP contribution in [0, 0.1) is 17.8 Å². The molecule has 1 aromatic carbocycles. The first-order chi connectivity index (χ1) is 11.1. The number of anilines is 1. The minimum absolute atomic E-state index is 0.137. The molecule has 2 bridgehead atoms. The van der Waals surface area contributed by atoms with Crippen molar-refractivity contribution in [1.29, 1.82) is 0 Å². The summed E-state index contributed by atoms with van der Waals surface area (Å²) >= 11 is 6.09. The van der Waals surface area contributed by atoms with Crippen LogP contribution in [0.3, 0.4) is 0 Å². The first kappa shape index (κ1) is 15.3. The van der Waals surface area contributed by atoms with E-state index >= 15 is 0 Å². The number of rotatable bonds is 3. The minimum Gasteiger partial charge on any atom is -0.371 e. The summed E-state index contributed by atoms with van der Waals surface area (Å²) in [7, 11) is 2.04. The average Bonchev–Trinajstić information content (AvgIpc) is 3.29. The summed E-state index contributed by atoms with van der Waals surface area (Å²) in [4.78, 5) is 17.3. The molecule has 0 aromatic heterocycles. The van der Waals surface area contributed by atoms with Gasteiger partial charge in [-0.3, -0.25) is 4.79 Å². The number of nitrogens with zero attached hydrogens (tertiary/aromatic N) is 2. The van der Waals surface area contributed by atoms with Gasteiger partial charge in [0.2, 0.25) is 5.91 Å². The first-order valence-corrected chi connectivity index (χ1v) is 9.27. The summed E-state index contributed by atoms with van der Waals surface area (Å²) in [6, 6.07) is 8.45. The Morgan fingerprint density at radius 1 is 1.26 bits per heavy atom. The molecule has 1 aromatic rings. The maximum Gasteiger partial charge on any atom is 0.227 e. The standard InChI is InChI=1S/C19H25ClN2O/c1-21(18-10-13-5-6-14(18)9-13)19(23)15-7-8-22(12-15)17-4-2-3-16(20)11-17/h2-4,11,13-15,18H,5-10,12H2,1H3/t13-,14+,15-,18-/m1/s1. The van der Waals surface area contributed by atoms with Crippen LogP contribution in [-0.4, -0.2) is 37.0 Å². The van der Waals surface area contributed by atoms with Crippen LogP contribution in [0.5, 0.6) is 0 Å². The van der Waals surface area contributed by atoms with Gasteiger partial charge in [-0.15, -0.1) is 0 Å². The van der Waals surface area contributed by atoms with Gasteiger partial charge in [-0.2, -0.15) is 0 Å². The van der Waals surface area contributed by atoms with Crippen LogP contribution >= 0.6 is 11.6 Å². The Morgan fingerprint density at radius 3 is 2.83 bits per heavy atom. The smallest absolute Gasteiger partial charge is 0.227 e. The number of carbonyl (C=O) groups excluding carboxylic acids is 1. The highest BCUT2D eigenvalue weighted by molar-refractivity contribution is 6.30. The second-order valence-electron chi connectivity index (χ2n) is 7.60. The molecule has 2 saturated carbocycles. The largest absolute Gasteiger partial charge is 0.371 e. The van der Waals surface area contributed by atoms with Gasteiger partial charge in [0.1, 0.15) is 0 Å². The SMILES string of the molecule is CN(C(=O)[C@@H]1CCN(c2cccc(Cl)c2)C1)[C@@H]1C[C@@H]2CC[C@H]1C2. The fourth-order valence-electron chi connectivity index (χ4n) is 5.01. The number of hydrogen-bond acceptors (Lipinski definition) is 2. The Labute approximate surface area is 143 Å². The third-order valence-corrected chi connectivity index (χ3v) is 6.49. The lowest BCUT2D eigenvalue weighted by Crippen LogP contribution is -2.44. The normalized spacial score (nSPS) is 32.5. The molecular weight excluding hydrogens is 308 g/mol. The third kappa shape index (κ3) is 2.84. The lowest BCUT2D eigenvalue weighted by atomic mass is 9.93. The van der Waals surface area contributed by atoms with Crippen molar-refractivity contribution in [2.24, 2.45) is 17.8 Å². The van der Waals surface area contributed by atoms with Gasteiger partial charge in [-0.1, -0.05) is 24.1 Å². The van der Waals surface area contributed by atoms with Gasteiger partial charge in [-0.25, -0.2) is 0 Å². The highest BCUT2D eigenvalue weighted by atomic mass is 35.5. The molecule has 2 aliphatic carbocycles. The first-order valence-electron chi connectivity index (χ1n) is 8.89. The fraction of sp³-hybridized carbons (Fsp3) is 0.632. The second kappa shape index (κ2) is 6.01. The van der Waals surface area contributed by atoms with Crippen molar-refractivity contribution in [3.05, 3.63) is 29.3 Å². The van der Waals surface area contributed by atoms with Crippen molar-refractivity contribution in [2.75, 3.05) is 25.0 Å². The lowest BCUT2D eigenvalue weighted by Gasteiger charge is -2.33. The summed E-state index contributed by atoms with van der Waals surface area (Å²) in [6.07, 6.45) is 6.25. The Morgan fingerprint density at radius 2 is 2.13 bits per heavy atom. The number of amides is 1. The Bertz CT molecular complexity index is 605. The van der Waals surface area contributed by atoms with Gasteiger partial charge in [0, 0.05) is 36.9 Å². The van der Waals surface area contributed by atoms with Crippen molar-refractivity contribution < 1.29 is 4.79 Å². The number of halogens is 1. The van der Waals surface area contributed by atoms with Gasteiger partial charge in [0.05, 0.1) is 5.92 Å². The zero-order valence-electron chi connectivity index (χ0n) is 13.7. The monoisotopic (exact) mass is 332 g/mol. The zero-order valence-corrected chi connectivity index (χ0v) is 14.5. The Hall–Kier alpha value is -1.22. The molecule has 3 nitrogen and oxygen atoms in total. The van der Waals surface area contributed by atoms with Gasteiger partial charge >= 0.3 is 0 Å². The summed E-state index contributed by atoms with van der Waals surface area (Å²) in [5, 5.41) is 0.761. The number of carbonyl (C=O) groups is 1. The Balaban J connectivity index is 1.40. The highest BCUT2D eigenvalue weighted by Crippen LogP contribution is 2.46. The summed E-state index contributed by atoms with van der Waals surface area (Å²) in [6.45, 7) is 1.77. The molecule has 4 rings (SSSR count). The number of hydrogen-bond donors (Lipinski definition) is 0. The molecule has 124 valence electrons. The molecule has 0 N–H and O–H groups in total. The van der Waals surface area contributed by atoms with Gasteiger partial charge in [0.25, 0.3) is 0 Å². The molecule has 0 unspecified atom stereocenters. The van der Waals surface area contributed by atoms with E-state index in [0.29, 0.717) is 11.9 Å². The molecule has 0 radical (unpaired) electrons. The molecule has 1 aliphatic heterocycles. The zero-order chi connectivity index (χ0) is 16.0. The van der Waals surface area contributed by atoms with E-state index < -0.39 is 0 Å². The number of benzene rings is 1. The molecule has 1 saturated heterocycles. The van der Waals surface area contributed by atoms with Crippen molar-refractivity contribution >= 4 is 23.2 Å². The maximum absolute atomic E-state index is 12.9. The Kier molecular flexibility index (Phi) is 4.00. The fourth-order valence-corrected chi connectivity index (χ4v) is 5.19. The van der Waals surface area contributed by atoms with Crippen LogP contribution in [0.15, 0.2) is 24.3 Å². The number of fused-ring (bicyclic) bond motifs is 2. The molecule has 0 spiro atoms. The van der Waals surface area contributed by atoms with Crippen molar-refractivity contribution in [1.82, 2.24) is 4.90 Å². The van der Waals surface area contributed by atoms with Gasteiger partial charge in [0.15, 0.2) is 0 Å². The molecule has 3 aliphatic rings. The van der Waals surface area contributed by atoms with Crippen LogP contribution in [0.4, 0.5) is 5.69 Å². The molecular formula is C19H25ClN2O. The summed E-state index contributed by atoms with van der Waals surface area (Å²) in [5.41, 5.74) is 1.13. The van der Waals surface area contributed by atoms with Crippen molar-refractivity contribution in [3.8, 4) is 0 Å². The van der Waals surface area contributed by atoms with Crippen LogP contribution < -0.4 is 4.90 Å². The molecule has 3 fully saturated rings. The van der Waals surface area contributed by atoms with Crippen LogP contribution in [0.1, 0.15) is 32.1 Å². The molecule has 4 heteroatoms. The van der Waals surface area contributed by atoms with Crippen molar-refractivity contribution in [2.45, 2.75) is 38.1 Å². The summed E-state index contributed by atoms with van der Waals surface area (Å²) in [5.74, 6) is 2.14. The summed E-state index contributed by atoms with van der Waals surface area (Å²) < 4.78 is 0. The minimum atomic E-state index is 0.137. The average molecular weight is 333 g/mol.